The number of para-hydroxylation sites is 1. The van der Waals surface area contributed by atoms with Crippen LogP contribution in [0.5, 0.6) is 0 Å². The van der Waals surface area contributed by atoms with Crippen LogP contribution in [0.15, 0.2) is 108 Å². The molecule has 0 fully saturated rings. The minimum Gasteiger partial charge on any atom is -0.308 e. The summed E-state index contributed by atoms with van der Waals surface area (Å²) in [5.74, 6) is 0. The lowest BCUT2D eigenvalue weighted by molar-refractivity contribution is 0.262. The van der Waals surface area contributed by atoms with Crippen molar-refractivity contribution in [3.8, 4) is 0 Å². The first-order chi connectivity index (χ1) is 16.4. The van der Waals surface area contributed by atoms with Gasteiger partial charge in [0, 0.05) is 42.8 Å². The summed E-state index contributed by atoms with van der Waals surface area (Å²) in [6.45, 7) is 0. The van der Waals surface area contributed by atoms with Gasteiger partial charge in [-0.3, -0.25) is 9.29 Å². The molecule has 0 atom stereocenters. The molecule has 1 aliphatic rings. The number of amides is 2. The summed E-state index contributed by atoms with van der Waals surface area (Å²) in [6.07, 6.45) is 10.9. The number of rotatable bonds is 6. The van der Waals surface area contributed by atoms with Gasteiger partial charge in [-0.05, 0) is 54.1 Å². The van der Waals surface area contributed by atoms with Crippen molar-refractivity contribution in [2.24, 2.45) is 0 Å². The fourth-order valence-corrected chi connectivity index (χ4v) is 4.75. The van der Waals surface area contributed by atoms with Crippen LogP contribution in [0.4, 0.5) is 21.9 Å². The molecular formula is C26H24N4O3S. The summed E-state index contributed by atoms with van der Waals surface area (Å²) < 4.78 is 28.0. The van der Waals surface area contributed by atoms with Crippen LogP contribution in [0.3, 0.4) is 0 Å². The molecule has 0 spiro atoms. The summed E-state index contributed by atoms with van der Waals surface area (Å²) in [4.78, 5) is 16.6. The topological polar surface area (TPSA) is 91.4 Å². The van der Waals surface area contributed by atoms with Crippen molar-refractivity contribution in [2.45, 2.75) is 6.42 Å². The highest BCUT2D eigenvalue weighted by atomic mass is 32.2. The summed E-state index contributed by atoms with van der Waals surface area (Å²) in [6, 6.07) is 19.0. The molecular weight excluding hydrogens is 448 g/mol. The van der Waals surface area contributed by atoms with E-state index in [0.29, 0.717) is 17.1 Å². The Morgan fingerprint density at radius 2 is 1.65 bits per heavy atom. The number of nitrogens with zero attached hydrogens (tertiary/aromatic N) is 2. The molecule has 2 aromatic carbocycles. The number of benzene rings is 2. The zero-order chi connectivity index (χ0) is 24.0. The maximum Gasteiger partial charge on any atom is 0.323 e. The lowest BCUT2D eigenvalue weighted by atomic mass is 10.1. The number of hydrogen-bond acceptors (Lipinski definition) is 4. The Morgan fingerprint density at radius 3 is 2.32 bits per heavy atom. The molecule has 2 N–H and O–H groups in total. The summed E-state index contributed by atoms with van der Waals surface area (Å²) in [5.41, 5.74) is 3.32. The van der Waals surface area contributed by atoms with Gasteiger partial charge in [0.2, 0.25) is 0 Å². The zero-order valence-electron chi connectivity index (χ0n) is 18.5. The second-order valence-corrected chi connectivity index (χ2v) is 9.59. The number of nitrogens with one attached hydrogen (secondary N) is 2. The molecule has 172 valence electrons. The van der Waals surface area contributed by atoms with Crippen LogP contribution in [0.1, 0.15) is 12.0 Å². The first kappa shape index (κ1) is 23.0. The second kappa shape index (κ2) is 10.2. The summed E-state index contributed by atoms with van der Waals surface area (Å²) in [7, 11) is -2.26. The molecule has 0 saturated carbocycles. The highest BCUT2D eigenvalue weighted by Gasteiger charge is 2.24. The molecule has 4 rings (SSSR count). The van der Waals surface area contributed by atoms with Crippen molar-refractivity contribution >= 4 is 38.7 Å². The Bertz CT molecular complexity index is 1350. The Hall–Kier alpha value is -4.17. The Kier molecular flexibility index (Phi) is 6.89. The number of carbonyl (C=O) groups is 1. The number of carbonyl (C=O) groups excluding carboxylic acids is 1. The number of anilines is 3. The van der Waals surface area contributed by atoms with E-state index in [2.05, 4.69) is 15.6 Å². The SMILES string of the molecule is CN(c1ccc(NC(=O)Nc2ccccc2)cc1)S(=O)(=O)C1=CC(c2cccnc2)=CC=CC1. The van der Waals surface area contributed by atoms with E-state index in [9.17, 15) is 13.2 Å². The molecule has 2 amide bonds. The van der Waals surface area contributed by atoms with Crippen LogP contribution in [0.2, 0.25) is 0 Å². The third-order valence-corrected chi connectivity index (χ3v) is 7.13. The third kappa shape index (κ3) is 5.41. The van der Waals surface area contributed by atoms with Gasteiger partial charge in [-0.2, -0.15) is 0 Å². The maximum absolute atomic E-state index is 13.4. The van der Waals surface area contributed by atoms with E-state index in [1.165, 1.54) is 11.4 Å². The van der Waals surface area contributed by atoms with Crippen LogP contribution < -0.4 is 14.9 Å². The van der Waals surface area contributed by atoms with Gasteiger partial charge in [0.15, 0.2) is 0 Å². The molecule has 0 radical (unpaired) electrons. The zero-order valence-corrected chi connectivity index (χ0v) is 19.4. The fraction of sp³-hybridized carbons (Fsp3) is 0.0769. The van der Waals surface area contributed by atoms with E-state index in [1.807, 2.05) is 48.6 Å². The monoisotopic (exact) mass is 472 g/mol. The molecule has 3 aromatic rings. The van der Waals surface area contributed by atoms with Crippen LogP contribution in [-0.2, 0) is 10.0 Å². The molecule has 0 aliphatic heterocycles. The summed E-state index contributed by atoms with van der Waals surface area (Å²) >= 11 is 0. The second-order valence-electron chi connectivity index (χ2n) is 7.57. The van der Waals surface area contributed by atoms with Crippen molar-refractivity contribution in [1.82, 2.24) is 4.98 Å². The number of aromatic nitrogens is 1. The Labute approximate surface area is 199 Å². The van der Waals surface area contributed by atoms with Gasteiger partial charge in [-0.25, -0.2) is 13.2 Å². The molecule has 0 bridgehead atoms. The van der Waals surface area contributed by atoms with Crippen molar-refractivity contribution < 1.29 is 13.2 Å². The molecule has 1 aromatic heterocycles. The minimum atomic E-state index is -3.77. The quantitative estimate of drug-likeness (QED) is 0.501. The van der Waals surface area contributed by atoms with Crippen LogP contribution in [0, 0.1) is 0 Å². The lowest BCUT2D eigenvalue weighted by Crippen LogP contribution is -2.27. The van der Waals surface area contributed by atoms with Gasteiger partial charge in [0.25, 0.3) is 10.0 Å². The third-order valence-electron chi connectivity index (χ3n) is 5.25. The normalized spacial score (nSPS) is 13.3. The highest BCUT2D eigenvalue weighted by molar-refractivity contribution is 7.96. The van der Waals surface area contributed by atoms with E-state index < -0.39 is 10.0 Å². The molecule has 1 heterocycles. The lowest BCUT2D eigenvalue weighted by Gasteiger charge is -2.21. The van der Waals surface area contributed by atoms with Gasteiger partial charge in [0.05, 0.1) is 10.6 Å². The van der Waals surface area contributed by atoms with Crippen LogP contribution in [0.25, 0.3) is 5.57 Å². The van der Waals surface area contributed by atoms with Crippen molar-refractivity contribution in [3.63, 3.8) is 0 Å². The van der Waals surface area contributed by atoms with Gasteiger partial charge >= 0.3 is 6.03 Å². The number of sulfonamides is 1. The largest absolute Gasteiger partial charge is 0.323 e. The number of urea groups is 1. The predicted molar refractivity (Wildman–Crippen MR) is 137 cm³/mol. The molecule has 8 heteroatoms. The van der Waals surface area contributed by atoms with Crippen LogP contribution in [-0.4, -0.2) is 26.5 Å². The van der Waals surface area contributed by atoms with E-state index in [4.69, 9.17) is 0 Å². The number of pyridine rings is 1. The molecule has 1 aliphatic carbocycles. The molecule has 0 unspecified atom stereocenters. The molecule has 7 nitrogen and oxygen atoms in total. The average Bonchev–Trinajstić information content (AvgIpc) is 3.12. The molecule has 0 saturated heterocycles. The standard InChI is InChI=1S/C26H24N4O3S/c1-30(24-15-13-23(14-16-24)29-26(31)28-22-10-3-2-4-11-22)34(32,33)25-12-6-5-8-20(18-25)21-9-7-17-27-19-21/h2-11,13-19H,12H2,1H3,(H2,28,29,31). The van der Waals surface area contributed by atoms with Gasteiger partial charge < -0.3 is 10.6 Å². The molecule has 34 heavy (non-hydrogen) atoms. The fourth-order valence-electron chi connectivity index (χ4n) is 3.41. The van der Waals surface area contributed by atoms with E-state index in [-0.39, 0.29) is 17.4 Å². The van der Waals surface area contributed by atoms with E-state index in [1.54, 1.807) is 54.9 Å². The first-order valence-electron chi connectivity index (χ1n) is 10.6. The van der Waals surface area contributed by atoms with Gasteiger partial charge in [-0.1, -0.05) is 42.5 Å². The predicted octanol–water partition coefficient (Wildman–Crippen LogP) is 5.42. The van der Waals surface area contributed by atoms with Crippen molar-refractivity contribution in [2.75, 3.05) is 22.0 Å². The maximum atomic E-state index is 13.4. The van der Waals surface area contributed by atoms with Crippen molar-refractivity contribution in [1.29, 1.82) is 0 Å². The Morgan fingerprint density at radius 1 is 0.941 bits per heavy atom. The van der Waals surface area contributed by atoms with E-state index in [0.717, 1.165) is 11.1 Å². The van der Waals surface area contributed by atoms with E-state index >= 15 is 0 Å². The van der Waals surface area contributed by atoms with Gasteiger partial charge in [0.1, 0.15) is 0 Å². The smallest absolute Gasteiger partial charge is 0.308 e. The van der Waals surface area contributed by atoms with Crippen LogP contribution >= 0.6 is 0 Å². The highest BCUT2D eigenvalue weighted by Crippen LogP contribution is 2.29. The average molecular weight is 473 g/mol. The Balaban J connectivity index is 1.49. The summed E-state index contributed by atoms with van der Waals surface area (Å²) in [5, 5.41) is 5.48. The first-order valence-corrected chi connectivity index (χ1v) is 12.1. The van der Waals surface area contributed by atoms with Crippen molar-refractivity contribution in [3.05, 3.63) is 114 Å². The number of allylic oxidation sites excluding steroid dienone is 6. The van der Waals surface area contributed by atoms with Gasteiger partial charge in [-0.15, -0.1) is 0 Å². The minimum absolute atomic E-state index is 0.281. The number of hydrogen-bond donors (Lipinski definition) is 2.